The van der Waals surface area contributed by atoms with Crippen LogP contribution in [0, 0.1) is 13.8 Å². The lowest BCUT2D eigenvalue weighted by Gasteiger charge is -2.23. The number of likely N-dealkylation sites (tertiary alicyclic amines) is 1. The van der Waals surface area contributed by atoms with Gasteiger partial charge in [0.15, 0.2) is 0 Å². The summed E-state index contributed by atoms with van der Waals surface area (Å²) in [6.45, 7) is 3.15. The number of hydrogen-bond acceptors (Lipinski definition) is 6. The van der Waals surface area contributed by atoms with Crippen LogP contribution in [-0.4, -0.2) is 46.6 Å². The van der Waals surface area contributed by atoms with Gasteiger partial charge in [-0.05, 0) is 55.3 Å². The van der Waals surface area contributed by atoms with E-state index >= 15 is 0 Å². The average molecular weight is 578 g/mol. The second-order valence-electron chi connectivity index (χ2n) is 10.1. The van der Waals surface area contributed by atoms with Crippen molar-refractivity contribution in [3.8, 4) is 0 Å². The molecule has 41 heavy (non-hydrogen) atoms. The molecule has 0 aliphatic carbocycles. The molecule has 1 fully saturated rings. The average Bonchev–Trinajstić information content (AvgIpc) is 3.41. The molecule has 2 aromatic carbocycles. The van der Waals surface area contributed by atoms with Gasteiger partial charge < -0.3 is 11.1 Å². The number of anilines is 2. The maximum absolute atomic E-state index is 13.6. The number of hydrazine groups is 1. The number of amides is 1. The first-order valence-electron chi connectivity index (χ1n) is 12.8. The van der Waals surface area contributed by atoms with Gasteiger partial charge in [0.25, 0.3) is 11.8 Å². The Morgan fingerprint density at radius 3 is 2.51 bits per heavy atom. The molecule has 4 rings (SSSR count). The zero-order valence-corrected chi connectivity index (χ0v) is 23.1. The first-order valence-corrected chi connectivity index (χ1v) is 12.8. The standard InChI is InChI=1S/C28H32F5N7O/c1-17-5-6-20(11-25(17)40(35-3)15-24(34)23-13-36-38(4)18(23)2)26(41)37-22-10-19(9-21(12-22)28(31,32)33)14-39-8-7-27(29,30)16-39/h5-6,9-13,15,35H,7-8,14,16,34H2,1-4H3,(H,37,41)/b24-15-. The van der Waals surface area contributed by atoms with E-state index in [-0.39, 0.29) is 36.3 Å². The summed E-state index contributed by atoms with van der Waals surface area (Å²) >= 11 is 0. The normalized spacial score (nSPS) is 15.8. The lowest BCUT2D eigenvalue weighted by molar-refractivity contribution is -0.137. The van der Waals surface area contributed by atoms with Crippen LogP contribution in [0.1, 0.15) is 44.7 Å². The number of rotatable bonds is 8. The van der Waals surface area contributed by atoms with E-state index in [4.69, 9.17) is 5.73 Å². The Hall–Kier alpha value is -3.97. The number of nitrogens with zero attached hydrogens (tertiary/aromatic N) is 4. The van der Waals surface area contributed by atoms with Crippen molar-refractivity contribution in [3.05, 3.63) is 82.3 Å². The van der Waals surface area contributed by atoms with Gasteiger partial charge in [0.2, 0.25) is 0 Å². The first kappa shape index (κ1) is 30.0. The van der Waals surface area contributed by atoms with Crippen molar-refractivity contribution >= 4 is 23.0 Å². The zero-order valence-electron chi connectivity index (χ0n) is 23.1. The van der Waals surface area contributed by atoms with E-state index in [1.807, 2.05) is 13.8 Å². The molecule has 0 unspecified atom stereocenters. The van der Waals surface area contributed by atoms with Crippen LogP contribution in [0.25, 0.3) is 5.70 Å². The summed E-state index contributed by atoms with van der Waals surface area (Å²) in [5.41, 5.74) is 12.0. The van der Waals surface area contributed by atoms with Crippen molar-refractivity contribution in [2.75, 3.05) is 30.5 Å². The van der Waals surface area contributed by atoms with Gasteiger partial charge in [0, 0.05) is 62.3 Å². The van der Waals surface area contributed by atoms with Crippen molar-refractivity contribution in [3.63, 3.8) is 0 Å². The molecule has 8 nitrogen and oxygen atoms in total. The van der Waals surface area contributed by atoms with E-state index in [0.717, 1.165) is 29.0 Å². The number of carbonyl (C=O) groups is 1. The van der Waals surface area contributed by atoms with Crippen molar-refractivity contribution < 1.29 is 26.7 Å². The van der Waals surface area contributed by atoms with Crippen molar-refractivity contribution in [2.24, 2.45) is 12.8 Å². The minimum atomic E-state index is -4.69. The molecule has 0 saturated carbocycles. The summed E-state index contributed by atoms with van der Waals surface area (Å²) < 4.78 is 69.9. The van der Waals surface area contributed by atoms with E-state index in [9.17, 15) is 26.7 Å². The van der Waals surface area contributed by atoms with E-state index < -0.39 is 30.1 Å². The number of benzene rings is 2. The van der Waals surface area contributed by atoms with Gasteiger partial charge in [-0.3, -0.25) is 19.4 Å². The van der Waals surface area contributed by atoms with Crippen LogP contribution in [0.5, 0.6) is 0 Å². The van der Waals surface area contributed by atoms with E-state index in [1.54, 1.807) is 54.4 Å². The van der Waals surface area contributed by atoms with E-state index in [1.165, 1.54) is 11.0 Å². The lowest BCUT2D eigenvalue weighted by atomic mass is 10.1. The van der Waals surface area contributed by atoms with Gasteiger partial charge in [-0.15, -0.1) is 0 Å². The van der Waals surface area contributed by atoms with Crippen LogP contribution in [0.4, 0.5) is 33.3 Å². The molecule has 13 heteroatoms. The van der Waals surface area contributed by atoms with Crippen molar-refractivity contribution in [1.29, 1.82) is 0 Å². The highest BCUT2D eigenvalue weighted by Crippen LogP contribution is 2.34. The predicted molar refractivity (Wildman–Crippen MR) is 147 cm³/mol. The highest BCUT2D eigenvalue weighted by atomic mass is 19.4. The lowest BCUT2D eigenvalue weighted by Crippen LogP contribution is -2.31. The third-order valence-electron chi connectivity index (χ3n) is 7.02. The number of nitrogens with two attached hydrogens (primary N) is 1. The van der Waals surface area contributed by atoms with Crippen molar-refractivity contribution in [1.82, 2.24) is 20.1 Å². The SMILES string of the molecule is CNN(/C=C(\N)c1cnn(C)c1C)c1cc(C(=O)Nc2cc(CN3CCC(F)(F)C3)cc(C(F)(F)F)c2)ccc1C. The Balaban J connectivity index is 1.60. The second-order valence-corrected chi connectivity index (χ2v) is 10.1. The van der Waals surface area contributed by atoms with Gasteiger partial charge in [-0.25, -0.2) is 14.2 Å². The molecule has 4 N–H and O–H groups in total. The van der Waals surface area contributed by atoms with Crippen LogP contribution in [0.2, 0.25) is 0 Å². The summed E-state index contributed by atoms with van der Waals surface area (Å²) in [6.07, 6.45) is -1.75. The first-order chi connectivity index (χ1) is 19.2. The Labute approximate surface area is 234 Å². The number of aryl methyl sites for hydroxylation is 2. The molecular weight excluding hydrogens is 545 g/mol. The minimum Gasteiger partial charge on any atom is -0.397 e. The third-order valence-corrected chi connectivity index (χ3v) is 7.02. The molecule has 220 valence electrons. The van der Waals surface area contributed by atoms with Crippen LogP contribution in [0.3, 0.4) is 0 Å². The topological polar surface area (TPSA) is 91.5 Å². The summed E-state index contributed by atoms with van der Waals surface area (Å²) in [6, 6.07) is 7.97. The van der Waals surface area contributed by atoms with Crippen molar-refractivity contribution in [2.45, 2.75) is 38.9 Å². The fourth-order valence-electron chi connectivity index (χ4n) is 4.68. The van der Waals surface area contributed by atoms with Crippen LogP contribution in [-0.2, 0) is 19.8 Å². The monoisotopic (exact) mass is 577 g/mol. The molecule has 2 heterocycles. The molecule has 1 aromatic heterocycles. The van der Waals surface area contributed by atoms with Gasteiger partial charge in [-0.2, -0.15) is 18.3 Å². The maximum Gasteiger partial charge on any atom is 0.416 e. The molecule has 0 spiro atoms. The van der Waals surface area contributed by atoms with Gasteiger partial charge in [0.05, 0.1) is 29.7 Å². The Bertz CT molecular complexity index is 1460. The van der Waals surface area contributed by atoms with Gasteiger partial charge >= 0.3 is 6.18 Å². The summed E-state index contributed by atoms with van der Waals surface area (Å²) in [4.78, 5) is 14.6. The number of aromatic nitrogens is 2. The Morgan fingerprint density at radius 2 is 1.93 bits per heavy atom. The number of halogens is 5. The molecule has 1 aliphatic heterocycles. The van der Waals surface area contributed by atoms with Crippen LogP contribution >= 0.6 is 0 Å². The van der Waals surface area contributed by atoms with E-state index in [0.29, 0.717) is 11.4 Å². The van der Waals surface area contributed by atoms with Crippen LogP contribution < -0.4 is 21.5 Å². The zero-order chi connectivity index (χ0) is 30.1. The maximum atomic E-state index is 13.6. The number of nitrogens with one attached hydrogen (secondary N) is 2. The number of alkyl halides is 5. The molecule has 0 atom stereocenters. The molecular formula is C28H32F5N7O. The molecule has 0 radical (unpaired) electrons. The smallest absolute Gasteiger partial charge is 0.397 e. The summed E-state index contributed by atoms with van der Waals surface area (Å²) in [5.74, 6) is -3.51. The predicted octanol–water partition coefficient (Wildman–Crippen LogP) is 5.05. The molecule has 0 bridgehead atoms. The summed E-state index contributed by atoms with van der Waals surface area (Å²) in [5, 5.41) is 8.36. The quantitative estimate of drug-likeness (QED) is 0.257. The molecule has 1 saturated heterocycles. The van der Waals surface area contributed by atoms with Crippen LogP contribution in [0.15, 0.2) is 48.8 Å². The number of hydrogen-bond donors (Lipinski definition) is 3. The highest BCUT2D eigenvalue weighted by Gasteiger charge is 2.38. The fourth-order valence-corrected chi connectivity index (χ4v) is 4.68. The number of carbonyl (C=O) groups excluding carboxylic acids is 1. The van der Waals surface area contributed by atoms with E-state index in [2.05, 4.69) is 15.8 Å². The third kappa shape index (κ3) is 7.03. The second kappa shape index (κ2) is 11.5. The minimum absolute atomic E-state index is 0.0678. The summed E-state index contributed by atoms with van der Waals surface area (Å²) in [7, 11) is 3.47. The van der Waals surface area contributed by atoms with Gasteiger partial charge in [0.1, 0.15) is 0 Å². The Kier molecular flexibility index (Phi) is 8.41. The molecule has 1 amide bonds. The fraction of sp³-hybridized carbons (Fsp3) is 0.357. The highest BCUT2D eigenvalue weighted by molar-refractivity contribution is 6.05. The molecule has 3 aromatic rings. The van der Waals surface area contributed by atoms with Gasteiger partial charge in [-0.1, -0.05) is 6.07 Å². The molecule has 1 aliphatic rings. The Morgan fingerprint density at radius 1 is 1.20 bits per heavy atom. The largest absolute Gasteiger partial charge is 0.416 e.